The van der Waals surface area contributed by atoms with E-state index in [9.17, 15) is 0 Å². The van der Waals surface area contributed by atoms with E-state index in [1.165, 1.54) is 4.91 Å². The Bertz CT molecular complexity index is 221. The first-order valence-corrected chi connectivity index (χ1v) is 6.46. The van der Waals surface area contributed by atoms with Crippen molar-refractivity contribution in [1.82, 2.24) is 4.91 Å². The third-order valence-corrected chi connectivity index (χ3v) is 3.16. The van der Waals surface area contributed by atoms with Gasteiger partial charge in [-0.15, -0.1) is 0 Å². The molecule has 1 heterocycles. The Kier molecular flexibility index (Phi) is 5.24. The first-order chi connectivity index (χ1) is 4.85. The molecule has 10 heteroatoms. The van der Waals surface area contributed by atoms with Gasteiger partial charge in [0.05, 0.1) is 0 Å². The number of hydrogen-bond acceptors (Lipinski definition) is 3. The van der Waals surface area contributed by atoms with E-state index in [1.807, 2.05) is 0 Å². The van der Waals surface area contributed by atoms with Crippen molar-refractivity contribution >= 4 is 22.6 Å². The molecule has 0 aromatic rings. The van der Waals surface area contributed by atoms with E-state index in [-0.39, 0.29) is 0 Å². The Morgan fingerprint density at radius 1 is 1.30 bits per heavy atom. The summed E-state index contributed by atoms with van der Waals surface area (Å²) in [6, 6.07) is 0. The van der Waals surface area contributed by atoms with E-state index in [0.29, 0.717) is 0 Å². The van der Waals surface area contributed by atoms with Gasteiger partial charge in [0.25, 0.3) is 0 Å². The van der Waals surface area contributed by atoms with Crippen molar-refractivity contribution in [2.45, 2.75) is 0 Å². The van der Waals surface area contributed by atoms with Crippen LogP contribution in [0.25, 0.3) is 26.4 Å². The maximum absolute atomic E-state index is 7.75. The Hall–Kier alpha value is -1.19. The van der Waals surface area contributed by atoms with Crippen LogP contribution < -0.4 is 4.91 Å². The summed E-state index contributed by atoms with van der Waals surface area (Å²) in [5, 5.41) is 0. The van der Waals surface area contributed by atoms with E-state index in [2.05, 4.69) is 19.0 Å². The van der Waals surface area contributed by atoms with Crippen LogP contribution in [0.15, 0.2) is 9.17 Å². The zero-order valence-corrected chi connectivity index (χ0v) is 7.95. The fourth-order valence-electron chi connectivity index (χ4n) is 0.147. The molecule has 0 spiro atoms. The molecule has 1 aliphatic rings. The van der Waals surface area contributed by atoms with Gasteiger partial charge in [-0.25, -0.2) is 0 Å². The van der Waals surface area contributed by atoms with Crippen molar-refractivity contribution in [3.8, 4) is 0 Å². The molecule has 0 aromatic carbocycles. The number of nitrogens with zero attached hydrogens (tertiary/aromatic N) is 9. The molecule has 0 amide bonds. The van der Waals surface area contributed by atoms with Crippen LogP contribution in [-0.2, 0) is 0 Å². The Morgan fingerprint density at radius 2 is 1.80 bits per heavy atom. The van der Waals surface area contributed by atoms with Gasteiger partial charge >= 0.3 is 47.2 Å². The summed E-state index contributed by atoms with van der Waals surface area (Å²) in [5.74, 6) is 0. The van der Waals surface area contributed by atoms with Crippen molar-refractivity contribution in [3.63, 3.8) is 0 Å². The molecule has 0 bridgehead atoms. The zero-order chi connectivity index (χ0) is 7.82. The van der Waals surface area contributed by atoms with Gasteiger partial charge in [-0.3, -0.25) is 4.91 Å². The van der Waals surface area contributed by atoms with Crippen LogP contribution in [0.5, 0.6) is 0 Å². The Morgan fingerprint density at radius 3 is 1.90 bits per heavy atom. The van der Waals surface area contributed by atoms with Crippen LogP contribution in [0.3, 0.4) is 0 Å². The molecule has 0 saturated heterocycles. The SMILES string of the molecule is [N-]=[N+]=[N-].[N-]=[N+]=[N][Bi]1[N]=[N+]=[N]1. The second-order valence-electron chi connectivity index (χ2n) is 0.805. The molecule has 0 saturated carbocycles. The average molecular weight is 335 g/mol. The van der Waals surface area contributed by atoms with Gasteiger partial charge in [-0.2, -0.15) is 0 Å². The van der Waals surface area contributed by atoms with E-state index < -0.39 is 22.6 Å². The molecule has 10 heavy (non-hydrogen) atoms. The number of rotatable bonds is 1. The Balaban J connectivity index is 0.000000236. The summed E-state index contributed by atoms with van der Waals surface area (Å²) in [7, 11) is 0. The quantitative estimate of drug-likeness (QED) is 0.293. The monoisotopic (exact) mass is 335 g/mol. The van der Waals surface area contributed by atoms with Crippen molar-refractivity contribution in [2.24, 2.45) is 9.17 Å². The maximum atomic E-state index is 7.75. The average Bonchev–Trinajstić information content (AvgIpc) is 1.81. The first kappa shape index (κ1) is 8.81. The van der Waals surface area contributed by atoms with Gasteiger partial charge in [0.1, 0.15) is 0 Å². The molecule has 0 N–H and O–H groups in total. The molecule has 50 valence electrons. The molecular formula is BiN9. The van der Waals surface area contributed by atoms with E-state index in [1.54, 1.807) is 0 Å². The van der Waals surface area contributed by atoms with Gasteiger partial charge in [0, 0.05) is 0 Å². The molecule has 1 rings (SSSR count). The van der Waals surface area contributed by atoms with Gasteiger partial charge < -0.3 is 11.1 Å². The van der Waals surface area contributed by atoms with E-state index >= 15 is 0 Å². The van der Waals surface area contributed by atoms with Crippen LogP contribution in [-0.4, -0.2) is 22.6 Å². The van der Waals surface area contributed by atoms with E-state index in [0.717, 1.165) is 0 Å². The molecule has 1 aliphatic heterocycles. The molecule has 0 aliphatic carbocycles. The van der Waals surface area contributed by atoms with Crippen molar-refractivity contribution in [2.75, 3.05) is 0 Å². The molecule has 0 atom stereocenters. The summed E-state index contributed by atoms with van der Waals surface area (Å²) in [6.07, 6.45) is 0. The molecule has 0 aromatic heterocycles. The summed E-state index contributed by atoms with van der Waals surface area (Å²) >= 11 is -2.24. The summed E-state index contributed by atoms with van der Waals surface area (Å²) in [4.78, 5) is 7.22. The summed E-state index contributed by atoms with van der Waals surface area (Å²) in [5.41, 5.74) is 21.2. The third kappa shape index (κ3) is 3.77. The third-order valence-electron chi connectivity index (χ3n) is 0.360. The van der Waals surface area contributed by atoms with Crippen LogP contribution in [0.2, 0.25) is 0 Å². The zero-order valence-electron chi connectivity index (χ0n) is 4.47. The van der Waals surface area contributed by atoms with Gasteiger partial charge in [0.2, 0.25) is 0 Å². The molecular weight excluding hydrogens is 335 g/mol. The fourth-order valence-corrected chi connectivity index (χ4v) is 1.29. The topological polar surface area (TPSA) is 146 Å². The molecule has 0 unspecified atom stereocenters. The van der Waals surface area contributed by atoms with Crippen LogP contribution in [0, 0.1) is 0 Å². The minimum atomic E-state index is -2.24. The van der Waals surface area contributed by atoms with Crippen LogP contribution in [0.1, 0.15) is 0 Å². The van der Waals surface area contributed by atoms with Crippen LogP contribution >= 0.6 is 0 Å². The van der Waals surface area contributed by atoms with Crippen molar-refractivity contribution in [1.29, 1.82) is 0 Å². The normalized spacial score (nSPS) is 11.6. The van der Waals surface area contributed by atoms with E-state index in [4.69, 9.17) is 16.6 Å². The second kappa shape index (κ2) is 5.94. The number of hydrogen-bond donors (Lipinski definition) is 0. The molecule has 9 nitrogen and oxygen atoms in total. The molecule has 0 radical (unpaired) electrons. The number of azide groups is 1. The summed E-state index contributed by atoms with van der Waals surface area (Å²) in [6.45, 7) is 0. The first-order valence-electron chi connectivity index (χ1n) is 1.80. The van der Waals surface area contributed by atoms with Gasteiger partial charge in [-0.1, -0.05) is 0 Å². The standard InChI is InChI=1S/Bi.3N3/c;3*1-3-2/q+3;3*-1. The fraction of sp³-hybridized carbons (Fsp3) is 0. The summed E-state index contributed by atoms with van der Waals surface area (Å²) < 4.78 is 10.3. The van der Waals surface area contributed by atoms with Crippen LogP contribution in [0.4, 0.5) is 0 Å². The van der Waals surface area contributed by atoms with Crippen molar-refractivity contribution < 1.29 is 0 Å². The predicted molar refractivity (Wildman–Crippen MR) is 32.0 cm³/mol. The Labute approximate surface area is 63.4 Å². The molecule has 0 fully saturated rings. The van der Waals surface area contributed by atoms with Gasteiger partial charge in [0.15, 0.2) is 0 Å². The van der Waals surface area contributed by atoms with Crippen molar-refractivity contribution in [3.05, 3.63) is 26.4 Å². The van der Waals surface area contributed by atoms with Gasteiger partial charge in [-0.05, 0) is 0 Å². The predicted octanol–water partition coefficient (Wildman–Crippen LogP) is 1.13. The minimum absolute atomic E-state index is 1.50. The second-order valence-corrected chi connectivity index (χ2v) is 4.98.